The molecule has 1 fully saturated rings. The summed E-state index contributed by atoms with van der Waals surface area (Å²) in [4.78, 5) is 24.4. The minimum absolute atomic E-state index is 0.156. The second-order valence-corrected chi connectivity index (χ2v) is 8.63. The average molecular weight is 350 g/mol. The number of thioether (sulfide) groups is 1. The summed E-state index contributed by atoms with van der Waals surface area (Å²) in [5, 5.41) is 10.7. The van der Waals surface area contributed by atoms with E-state index in [-0.39, 0.29) is 16.6 Å². The highest BCUT2D eigenvalue weighted by Gasteiger charge is 2.36. The van der Waals surface area contributed by atoms with Crippen LogP contribution < -0.4 is 0 Å². The van der Waals surface area contributed by atoms with Crippen molar-refractivity contribution in [2.24, 2.45) is 0 Å². The Morgan fingerprint density at radius 1 is 1.52 bits per heavy atom. The first-order valence-corrected chi connectivity index (χ1v) is 9.41. The largest absolute Gasteiger partial charge is 0.480 e. The van der Waals surface area contributed by atoms with Crippen LogP contribution in [0.5, 0.6) is 0 Å². The van der Waals surface area contributed by atoms with E-state index in [9.17, 15) is 18.0 Å². The molecule has 1 aromatic rings. The van der Waals surface area contributed by atoms with E-state index in [1.165, 1.54) is 29.8 Å². The summed E-state index contributed by atoms with van der Waals surface area (Å²) in [6.07, 6.45) is 0. The van der Waals surface area contributed by atoms with E-state index in [0.29, 0.717) is 5.75 Å². The molecule has 21 heavy (non-hydrogen) atoms. The lowest BCUT2D eigenvalue weighted by Crippen LogP contribution is -2.46. The molecule has 1 aromatic heterocycles. The fourth-order valence-corrected chi connectivity index (χ4v) is 5.32. The van der Waals surface area contributed by atoms with Crippen LogP contribution in [0.3, 0.4) is 0 Å². The van der Waals surface area contributed by atoms with Crippen LogP contribution in [0, 0.1) is 0 Å². The van der Waals surface area contributed by atoms with Gasteiger partial charge in [0, 0.05) is 12.8 Å². The van der Waals surface area contributed by atoms with Crippen molar-refractivity contribution in [2.75, 3.05) is 25.2 Å². The van der Waals surface area contributed by atoms with Crippen LogP contribution in [0.4, 0.5) is 0 Å². The van der Waals surface area contributed by atoms with Gasteiger partial charge in [-0.15, -0.1) is 23.1 Å². The van der Waals surface area contributed by atoms with Crippen LogP contribution in [0.2, 0.25) is 0 Å². The van der Waals surface area contributed by atoms with Gasteiger partial charge in [-0.2, -0.15) is 4.31 Å². The minimum atomic E-state index is -3.71. The van der Waals surface area contributed by atoms with Gasteiger partial charge in [-0.3, -0.25) is 4.79 Å². The molecule has 1 amide bonds. The maximum absolute atomic E-state index is 12.2. The number of sulfonamides is 1. The van der Waals surface area contributed by atoms with Crippen molar-refractivity contribution < 1.29 is 23.1 Å². The highest BCUT2D eigenvalue weighted by atomic mass is 32.2. The van der Waals surface area contributed by atoms with Crippen LogP contribution in [0.15, 0.2) is 21.7 Å². The Hall–Kier alpha value is -1.10. The maximum atomic E-state index is 12.2. The zero-order valence-corrected chi connectivity index (χ0v) is 13.6. The third kappa shape index (κ3) is 3.39. The second-order valence-electron chi connectivity index (χ2n) is 4.41. The quantitative estimate of drug-likeness (QED) is 0.824. The molecule has 1 N–H and O–H groups in total. The predicted molar refractivity (Wildman–Crippen MR) is 79.7 cm³/mol. The Balaban J connectivity index is 2.07. The number of amides is 1. The number of carbonyl (C=O) groups is 2. The molecule has 7 nitrogen and oxygen atoms in total. The van der Waals surface area contributed by atoms with Crippen LogP contribution in [0.25, 0.3) is 0 Å². The van der Waals surface area contributed by atoms with Gasteiger partial charge in [0.05, 0.1) is 12.4 Å². The topological polar surface area (TPSA) is 95.0 Å². The number of carbonyl (C=O) groups excluding carboxylic acids is 1. The number of aliphatic carboxylic acids is 1. The number of rotatable bonds is 5. The van der Waals surface area contributed by atoms with Crippen molar-refractivity contribution in [2.45, 2.75) is 10.3 Å². The highest BCUT2D eigenvalue weighted by Crippen LogP contribution is 2.23. The molecule has 1 aliphatic heterocycles. The van der Waals surface area contributed by atoms with Crippen LogP contribution in [-0.2, 0) is 19.6 Å². The Labute approximate surface area is 130 Å². The van der Waals surface area contributed by atoms with Crippen molar-refractivity contribution >= 4 is 45.0 Å². The van der Waals surface area contributed by atoms with E-state index in [0.717, 1.165) is 15.6 Å². The molecule has 2 rings (SSSR count). The molecule has 0 aliphatic carbocycles. The third-order valence-electron chi connectivity index (χ3n) is 3.01. The van der Waals surface area contributed by atoms with E-state index in [2.05, 4.69) is 0 Å². The number of likely N-dealkylation sites (N-methyl/N-ethyl adjacent to an activating group) is 1. The first-order chi connectivity index (χ1) is 9.84. The molecular formula is C11H14N2O5S3. The zero-order chi connectivity index (χ0) is 15.6. The molecule has 0 unspecified atom stereocenters. The molecule has 10 heteroatoms. The Morgan fingerprint density at radius 2 is 2.24 bits per heavy atom. The Kier molecular flexibility index (Phi) is 4.91. The van der Waals surface area contributed by atoms with Crippen molar-refractivity contribution in [3.63, 3.8) is 0 Å². The number of thiophene rings is 1. The summed E-state index contributed by atoms with van der Waals surface area (Å²) in [5.74, 6) is -0.988. The zero-order valence-electron chi connectivity index (χ0n) is 11.1. The number of hydrogen-bond acceptors (Lipinski definition) is 6. The molecular weight excluding hydrogens is 336 g/mol. The standard InChI is InChI=1S/C11H14N2O5S3/c1-12(21(17,18)10-3-2-4-20-10)5-9(14)13-7-19-6-8(13)11(15)16/h2-4,8H,5-7H2,1H3,(H,15,16)/t8-/m0/s1. The SMILES string of the molecule is CN(CC(=O)N1CSC[C@H]1C(=O)O)S(=O)(=O)c1cccs1. The van der Waals surface area contributed by atoms with Crippen molar-refractivity contribution in [1.29, 1.82) is 0 Å². The lowest BCUT2D eigenvalue weighted by Gasteiger charge is -2.23. The van der Waals surface area contributed by atoms with Crippen molar-refractivity contribution in [3.8, 4) is 0 Å². The average Bonchev–Trinajstić information content (AvgIpc) is 3.09. The van der Waals surface area contributed by atoms with Gasteiger partial charge in [0.2, 0.25) is 5.91 Å². The van der Waals surface area contributed by atoms with Crippen LogP contribution in [-0.4, -0.2) is 65.9 Å². The van der Waals surface area contributed by atoms with Crippen LogP contribution in [0.1, 0.15) is 0 Å². The molecule has 116 valence electrons. The van der Waals surface area contributed by atoms with Gasteiger partial charge in [0.1, 0.15) is 10.3 Å². The maximum Gasteiger partial charge on any atom is 0.327 e. The molecule has 1 saturated heterocycles. The molecule has 0 saturated carbocycles. The van der Waals surface area contributed by atoms with Gasteiger partial charge < -0.3 is 10.0 Å². The number of carboxylic acid groups (broad SMARTS) is 1. The summed E-state index contributed by atoms with van der Waals surface area (Å²) >= 11 is 2.41. The summed E-state index contributed by atoms with van der Waals surface area (Å²) in [7, 11) is -2.40. The van der Waals surface area contributed by atoms with Gasteiger partial charge in [0.15, 0.2) is 0 Å². The molecule has 2 heterocycles. The van der Waals surface area contributed by atoms with Crippen LogP contribution >= 0.6 is 23.1 Å². The Bertz CT molecular complexity index is 628. The van der Waals surface area contributed by atoms with Gasteiger partial charge in [-0.25, -0.2) is 13.2 Å². The molecule has 0 aromatic carbocycles. The fourth-order valence-electron chi connectivity index (χ4n) is 1.82. The first-order valence-electron chi connectivity index (χ1n) is 5.94. The summed E-state index contributed by atoms with van der Waals surface area (Å²) in [6.45, 7) is -0.370. The van der Waals surface area contributed by atoms with E-state index in [4.69, 9.17) is 5.11 Å². The molecule has 0 bridgehead atoms. The number of hydrogen-bond donors (Lipinski definition) is 1. The normalized spacial score (nSPS) is 19.1. The molecule has 0 spiro atoms. The van der Waals surface area contributed by atoms with Crippen molar-refractivity contribution in [3.05, 3.63) is 17.5 Å². The monoisotopic (exact) mass is 350 g/mol. The van der Waals surface area contributed by atoms with E-state index in [1.807, 2.05) is 0 Å². The molecule has 1 aliphatic rings. The van der Waals surface area contributed by atoms with Gasteiger partial charge in [0.25, 0.3) is 10.0 Å². The smallest absolute Gasteiger partial charge is 0.327 e. The second kappa shape index (κ2) is 6.34. The molecule has 1 atom stereocenters. The van der Waals surface area contributed by atoms with Gasteiger partial charge in [-0.05, 0) is 11.4 Å². The first kappa shape index (κ1) is 16.3. The summed E-state index contributed by atoms with van der Waals surface area (Å²) < 4.78 is 25.5. The number of nitrogens with zero attached hydrogens (tertiary/aromatic N) is 2. The summed E-state index contributed by atoms with van der Waals surface area (Å²) in [6, 6.07) is 2.19. The lowest BCUT2D eigenvalue weighted by molar-refractivity contribution is -0.147. The summed E-state index contributed by atoms with van der Waals surface area (Å²) in [5.41, 5.74) is 0. The Morgan fingerprint density at radius 3 is 2.81 bits per heavy atom. The highest BCUT2D eigenvalue weighted by molar-refractivity contribution is 7.99. The van der Waals surface area contributed by atoms with E-state index >= 15 is 0 Å². The van der Waals surface area contributed by atoms with E-state index in [1.54, 1.807) is 11.4 Å². The predicted octanol–water partition coefficient (Wildman–Crippen LogP) is 0.355. The number of carboxylic acids is 1. The molecule has 0 radical (unpaired) electrons. The van der Waals surface area contributed by atoms with E-state index < -0.39 is 27.9 Å². The van der Waals surface area contributed by atoms with Gasteiger partial charge >= 0.3 is 5.97 Å². The lowest BCUT2D eigenvalue weighted by atomic mass is 10.3. The third-order valence-corrected chi connectivity index (χ3v) is 7.19. The van der Waals surface area contributed by atoms with Crippen molar-refractivity contribution in [1.82, 2.24) is 9.21 Å². The minimum Gasteiger partial charge on any atom is -0.480 e. The fraction of sp³-hybridized carbons (Fsp3) is 0.455. The van der Waals surface area contributed by atoms with Gasteiger partial charge in [-0.1, -0.05) is 6.07 Å².